The molecule has 0 aliphatic carbocycles. The average molecular weight is 333 g/mol. The Balaban J connectivity index is 1.63. The van der Waals surface area contributed by atoms with Crippen molar-refractivity contribution in [3.63, 3.8) is 0 Å². The van der Waals surface area contributed by atoms with Crippen molar-refractivity contribution < 1.29 is 4.79 Å². The van der Waals surface area contributed by atoms with Gasteiger partial charge in [-0.25, -0.2) is 4.98 Å². The van der Waals surface area contributed by atoms with Crippen LogP contribution in [0.4, 0.5) is 0 Å². The minimum atomic E-state index is 0.167. The highest BCUT2D eigenvalue weighted by Gasteiger charge is 2.14. The van der Waals surface area contributed by atoms with Crippen LogP contribution in [-0.2, 0) is 24.3 Å². The number of aromatic nitrogens is 2. The molecule has 0 saturated carbocycles. The molecule has 0 fully saturated rings. The van der Waals surface area contributed by atoms with Gasteiger partial charge in [-0.1, -0.05) is 60.7 Å². The van der Waals surface area contributed by atoms with Crippen LogP contribution in [0.2, 0.25) is 0 Å². The fourth-order valence-corrected chi connectivity index (χ4v) is 2.84. The minimum Gasteiger partial charge on any atom is -0.338 e. The van der Waals surface area contributed by atoms with Gasteiger partial charge in [-0.3, -0.25) is 4.79 Å². The first-order valence-corrected chi connectivity index (χ1v) is 8.62. The minimum absolute atomic E-state index is 0.167. The zero-order chi connectivity index (χ0) is 17.3. The summed E-state index contributed by atoms with van der Waals surface area (Å²) in [7, 11) is 0. The number of carbonyl (C=O) groups is 1. The summed E-state index contributed by atoms with van der Waals surface area (Å²) in [6, 6.07) is 20.1. The highest BCUT2D eigenvalue weighted by Crippen LogP contribution is 2.09. The molecule has 0 bridgehead atoms. The van der Waals surface area contributed by atoms with Gasteiger partial charge in [0, 0.05) is 32.0 Å². The number of nitrogens with zero attached hydrogens (tertiary/aromatic N) is 3. The van der Waals surface area contributed by atoms with Crippen molar-refractivity contribution in [3.05, 3.63) is 90.5 Å². The van der Waals surface area contributed by atoms with E-state index in [1.807, 2.05) is 70.5 Å². The number of aryl methyl sites for hydroxylation is 1. The van der Waals surface area contributed by atoms with Crippen LogP contribution in [0.3, 0.4) is 0 Å². The summed E-state index contributed by atoms with van der Waals surface area (Å²) < 4.78 is 2.04. The molecule has 0 aliphatic heterocycles. The van der Waals surface area contributed by atoms with Crippen molar-refractivity contribution in [1.82, 2.24) is 14.5 Å². The van der Waals surface area contributed by atoms with Gasteiger partial charge < -0.3 is 9.47 Å². The Labute approximate surface area is 148 Å². The third-order valence-corrected chi connectivity index (χ3v) is 4.17. The lowest BCUT2D eigenvalue weighted by molar-refractivity contribution is -0.131. The number of rotatable bonds is 8. The lowest BCUT2D eigenvalue weighted by atomic mass is 10.1. The predicted octanol–water partition coefficient (Wildman–Crippen LogP) is 3.54. The molecule has 3 rings (SSSR count). The van der Waals surface area contributed by atoms with E-state index in [0.29, 0.717) is 13.0 Å². The second kappa shape index (κ2) is 8.83. The first-order chi connectivity index (χ1) is 12.3. The van der Waals surface area contributed by atoms with Crippen LogP contribution in [0.25, 0.3) is 0 Å². The van der Waals surface area contributed by atoms with Gasteiger partial charge in [-0.2, -0.15) is 0 Å². The number of benzene rings is 2. The second-order valence-electron chi connectivity index (χ2n) is 6.12. The molecule has 25 heavy (non-hydrogen) atoms. The summed E-state index contributed by atoms with van der Waals surface area (Å²) in [4.78, 5) is 18.8. The lowest BCUT2D eigenvalue weighted by Crippen LogP contribution is -2.33. The maximum Gasteiger partial charge on any atom is 0.227 e. The molecular weight excluding hydrogens is 310 g/mol. The van der Waals surface area contributed by atoms with E-state index in [2.05, 4.69) is 17.1 Å². The highest BCUT2D eigenvalue weighted by atomic mass is 16.2. The molecule has 3 aromatic rings. The molecule has 2 aromatic carbocycles. The fourth-order valence-electron chi connectivity index (χ4n) is 2.84. The van der Waals surface area contributed by atoms with Gasteiger partial charge in [0.25, 0.3) is 0 Å². The Hall–Kier alpha value is -2.88. The van der Waals surface area contributed by atoms with Gasteiger partial charge in [-0.05, 0) is 17.5 Å². The van der Waals surface area contributed by atoms with Crippen LogP contribution in [0.5, 0.6) is 0 Å². The lowest BCUT2D eigenvalue weighted by Gasteiger charge is -2.23. The largest absolute Gasteiger partial charge is 0.338 e. The van der Waals surface area contributed by atoms with Gasteiger partial charge in [-0.15, -0.1) is 0 Å². The summed E-state index contributed by atoms with van der Waals surface area (Å²) in [5.74, 6) is 0.167. The molecule has 1 heterocycles. The first kappa shape index (κ1) is 17.0. The molecule has 0 radical (unpaired) electrons. The summed E-state index contributed by atoms with van der Waals surface area (Å²) in [6.45, 7) is 2.25. The Morgan fingerprint density at radius 1 is 0.960 bits per heavy atom. The third kappa shape index (κ3) is 5.31. The molecule has 0 saturated heterocycles. The standard InChI is InChI=1S/C21H23N3O/c25-21(16-19-8-3-1-4-9-19)24(17-20-10-5-2-6-11-20)14-7-13-23-15-12-22-18-23/h1-6,8-12,15,18H,7,13-14,16-17H2. The molecule has 0 N–H and O–H groups in total. The van der Waals surface area contributed by atoms with Crippen molar-refractivity contribution in [3.8, 4) is 0 Å². The van der Waals surface area contributed by atoms with E-state index in [1.54, 1.807) is 6.20 Å². The van der Waals surface area contributed by atoms with E-state index in [9.17, 15) is 4.79 Å². The van der Waals surface area contributed by atoms with E-state index in [1.165, 1.54) is 0 Å². The molecule has 0 aliphatic rings. The maximum atomic E-state index is 12.8. The fraction of sp³-hybridized carbons (Fsp3) is 0.238. The smallest absolute Gasteiger partial charge is 0.227 e. The predicted molar refractivity (Wildman–Crippen MR) is 98.8 cm³/mol. The summed E-state index contributed by atoms with van der Waals surface area (Å²) >= 11 is 0. The first-order valence-electron chi connectivity index (χ1n) is 8.62. The molecule has 128 valence electrons. The van der Waals surface area contributed by atoms with Gasteiger partial charge in [0.1, 0.15) is 0 Å². The zero-order valence-corrected chi connectivity index (χ0v) is 14.3. The van der Waals surface area contributed by atoms with Crippen molar-refractivity contribution in [1.29, 1.82) is 0 Å². The topological polar surface area (TPSA) is 38.1 Å². The van der Waals surface area contributed by atoms with E-state index in [-0.39, 0.29) is 5.91 Å². The zero-order valence-electron chi connectivity index (χ0n) is 14.3. The molecule has 0 atom stereocenters. The summed E-state index contributed by atoms with van der Waals surface area (Å²) in [5, 5.41) is 0. The van der Waals surface area contributed by atoms with Crippen molar-refractivity contribution >= 4 is 5.91 Å². The van der Waals surface area contributed by atoms with Crippen molar-refractivity contribution in [2.45, 2.75) is 25.9 Å². The van der Waals surface area contributed by atoms with Crippen LogP contribution in [0, 0.1) is 0 Å². The Morgan fingerprint density at radius 3 is 2.28 bits per heavy atom. The normalized spacial score (nSPS) is 10.6. The van der Waals surface area contributed by atoms with Gasteiger partial charge in [0.2, 0.25) is 5.91 Å². The van der Waals surface area contributed by atoms with Crippen LogP contribution in [-0.4, -0.2) is 26.9 Å². The number of imidazole rings is 1. The van der Waals surface area contributed by atoms with Crippen LogP contribution in [0.15, 0.2) is 79.4 Å². The monoisotopic (exact) mass is 333 g/mol. The maximum absolute atomic E-state index is 12.8. The van der Waals surface area contributed by atoms with Gasteiger partial charge in [0.15, 0.2) is 0 Å². The Bertz CT molecular complexity index is 754. The molecular formula is C21H23N3O. The third-order valence-electron chi connectivity index (χ3n) is 4.17. The highest BCUT2D eigenvalue weighted by molar-refractivity contribution is 5.78. The van der Waals surface area contributed by atoms with Gasteiger partial charge in [0.05, 0.1) is 12.7 Å². The molecule has 0 spiro atoms. The van der Waals surface area contributed by atoms with E-state index < -0.39 is 0 Å². The molecule has 4 heteroatoms. The van der Waals surface area contributed by atoms with E-state index in [0.717, 1.165) is 30.6 Å². The molecule has 1 aromatic heterocycles. The van der Waals surface area contributed by atoms with E-state index in [4.69, 9.17) is 0 Å². The molecule has 1 amide bonds. The van der Waals surface area contributed by atoms with Crippen molar-refractivity contribution in [2.24, 2.45) is 0 Å². The number of amides is 1. The van der Waals surface area contributed by atoms with Crippen LogP contribution < -0.4 is 0 Å². The van der Waals surface area contributed by atoms with Gasteiger partial charge >= 0.3 is 0 Å². The quantitative estimate of drug-likeness (QED) is 0.632. The summed E-state index contributed by atoms with van der Waals surface area (Å²) in [5.41, 5.74) is 2.21. The molecule has 4 nitrogen and oxygen atoms in total. The Kier molecular flexibility index (Phi) is 5.99. The second-order valence-corrected chi connectivity index (χ2v) is 6.12. The number of hydrogen-bond acceptors (Lipinski definition) is 2. The Morgan fingerprint density at radius 2 is 1.64 bits per heavy atom. The van der Waals surface area contributed by atoms with Crippen LogP contribution in [0.1, 0.15) is 17.5 Å². The molecule has 0 unspecified atom stereocenters. The van der Waals surface area contributed by atoms with Crippen LogP contribution >= 0.6 is 0 Å². The van der Waals surface area contributed by atoms with E-state index >= 15 is 0 Å². The average Bonchev–Trinajstić information content (AvgIpc) is 3.16. The summed E-state index contributed by atoms with van der Waals surface area (Å²) in [6.07, 6.45) is 6.89. The number of carbonyl (C=O) groups excluding carboxylic acids is 1. The number of hydrogen-bond donors (Lipinski definition) is 0. The SMILES string of the molecule is O=C(Cc1ccccc1)N(CCCn1ccnc1)Cc1ccccc1. The van der Waals surface area contributed by atoms with Crippen molar-refractivity contribution in [2.75, 3.05) is 6.54 Å².